The number of nitrogens with zero attached hydrogens (tertiary/aromatic N) is 1. The molecule has 0 aromatic carbocycles. The van der Waals surface area contributed by atoms with Crippen molar-refractivity contribution in [2.24, 2.45) is 11.7 Å². The van der Waals surface area contributed by atoms with E-state index in [4.69, 9.17) is 10.5 Å². The Morgan fingerprint density at radius 3 is 2.29 bits per heavy atom. The van der Waals surface area contributed by atoms with Gasteiger partial charge in [0, 0.05) is 30.8 Å². The molecule has 2 aliphatic rings. The van der Waals surface area contributed by atoms with Crippen LogP contribution in [-0.2, 0) is 4.74 Å². The zero-order valence-corrected chi connectivity index (χ0v) is 11.6. The van der Waals surface area contributed by atoms with Crippen LogP contribution in [-0.4, -0.2) is 42.3 Å². The molecule has 3 heteroatoms. The minimum absolute atomic E-state index is 0.434. The molecule has 0 aliphatic carbocycles. The van der Waals surface area contributed by atoms with Gasteiger partial charge in [-0.25, -0.2) is 0 Å². The topological polar surface area (TPSA) is 38.5 Å². The first-order chi connectivity index (χ1) is 8.13. The monoisotopic (exact) mass is 240 g/mol. The van der Waals surface area contributed by atoms with Gasteiger partial charge in [0.15, 0.2) is 0 Å². The lowest BCUT2D eigenvalue weighted by Crippen LogP contribution is -2.55. The molecule has 100 valence electrons. The first-order valence-corrected chi connectivity index (χ1v) is 7.24. The van der Waals surface area contributed by atoms with Crippen molar-refractivity contribution in [3.05, 3.63) is 0 Å². The predicted molar refractivity (Wildman–Crippen MR) is 71.0 cm³/mol. The molecule has 0 saturated carbocycles. The SMILES string of the molecule is CCOCC(C(C)C)N1C2CCC1CC(N)C2. The Kier molecular flexibility index (Phi) is 4.45. The molecule has 0 radical (unpaired) electrons. The minimum Gasteiger partial charge on any atom is -0.380 e. The lowest BCUT2D eigenvalue weighted by atomic mass is 9.92. The lowest BCUT2D eigenvalue weighted by Gasteiger charge is -2.44. The number of piperidine rings is 1. The van der Waals surface area contributed by atoms with Crippen molar-refractivity contribution < 1.29 is 4.74 Å². The summed E-state index contributed by atoms with van der Waals surface area (Å²) in [6.45, 7) is 8.43. The van der Waals surface area contributed by atoms with Gasteiger partial charge in [-0.3, -0.25) is 4.90 Å². The fourth-order valence-electron chi connectivity index (χ4n) is 3.66. The molecule has 3 nitrogen and oxygen atoms in total. The summed E-state index contributed by atoms with van der Waals surface area (Å²) in [6, 6.07) is 2.46. The molecule has 0 spiro atoms. The second-order valence-corrected chi connectivity index (χ2v) is 6.03. The summed E-state index contributed by atoms with van der Waals surface area (Å²) in [6.07, 6.45) is 5.05. The molecular formula is C14H28N2O. The van der Waals surface area contributed by atoms with Crippen LogP contribution in [0.5, 0.6) is 0 Å². The van der Waals surface area contributed by atoms with E-state index in [0.29, 0.717) is 18.0 Å². The van der Waals surface area contributed by atoms with Crippen LogP contribution in [0.1, 0.15) is 46.5 Å². The molecule has 0 aromatic heterocycles. The summed E-state index contributed by atoms with van der Waals surface area (Å²) in [5, 5.41) is 0. The van der Waals surface area contributed by atoms with Crippen molar-refractivity contribution in [2.45, 2.75) is 70.6 Å². The highest BCUT2D eigenvalue weighted by atomic mass is 16.5. The van der Waals surface area contributed by atoms with E-state index in [1.54, 1.807) is 0 Å². The maximum atomic E-state index is 6.14. The Balaban J connectivity index is 2.03. The van der Waals surface area contributed by atoms with Crippen LogP contribution in [0.4, 0.5) is 0 Å². The maximum Gasteiger partial charge on any atom is 0.0624 e. The molecule has 2 heterocycles. The van der Waals surface area contributed by atoms with Gasteiger partial charge in [-0.05, 0) is 38.5 Å². The summed E-state index contributed by atoms with van der Waals surface area (Å²) in [5.74, 6) is 0.666. The van der Waals surface area contributed by atoms with Gasteiger partial charge < -0.3 is 10.5 Å². The molecule has 2 saturated heterocycles. The predicted octanol–water partition coefficient (Wildman–Crippen LogP) is 2.00. The van der Waals surface area contributed by atoms with E-state index >= 15 is 0 Å². The smallest absolute Gasteiger partial charge is 0.0624 e. The van der Waals surface area contributed by atoms with Gasteiger partial charge >= 0.3 is 0 Å². The summed E-state index contributed by atoms with van der Waals surface area (Å²) < 4.78 is 5.69. The summed E-state index contributed by atoms with van der Waals surface area (Å²) in [4.78, 5) is 2.74. The van der Waals surface area contributed by atoms with Crippen molar-refractivity contribution in [3.63, 3.8) is 0 Å². The molecule has 2 fully saturated rings. The number of rotatable bonds is 5. The molecule has 2 rings (SSSR count). The third kappa shape index (κ3) is 2.83. The third-order valence-corrected chi connectivity index (χ3v) is 4.47. The Morgan fingerprint density at radius 1 is 1.24 bits per heavy atom. The summed E-state index contributed by atoms with van der Waals surface area (Å²) >= 11 is 0. The number of fused-ring (bicyclic) bond motifs is 2. The van der Waals surface area contributed by atoms with Crippen molar-refractivity contribution >= 4 is 0 Å². The van der Waals surface area contributed by atoms with Crippen LogP contribution in [0, 0.1) is 5.92 Å². The van der Waals surface area contributed by atoms with Crippen LogP contribution in [0.3, 0.4) is 0 Å². The van der Waals surface area contributed by atoms with E-state index < -0.39 is 0 Å². The van der Waals surface area contributed by atoms with Crippen LogP contribution in [0.25, 0.3) is 0 Å². The Labute approximate surface area is 106 Å². The van der Waals surface area contributed by atoms with Gasteiger partial charge in [0.05, 0.1) is 6.61 Å². The average molecular weight is 240 g/mol. The van der Waals surface area contributed by atoms with Gasteiger partial charge in [0.2, 0.25) is 0 Å². The van der Waals surface area contributed by atoms with Gasteiger partial charge in [-0.2, -0.15) is 0 Å². The maximum absolute atomic E-state index is 6.14. The van der Waals surface area contributed by atoms with E-state index in [1.807, 2.05) is 0 Å². The van der Waals surface area contributed by atoms with Gasteiger partial charge in [-0.1, -0.05) is 13.8 Å². The molecule has 3 unspecified atom stereocenters. The van der Waals surface area contributed by atoms with Crippen LogP contribution in [0.15, 0.2) is 0 Å². The first-order valence-electron chi connectivity index (χ1n) is 7.24. The Morgan fingerprint density at radius 2 is 1.82 bits per heavy atom. The molecule has 2 aliphatic heterocycles. The van der Waals surface area contributed by atoms with Crippen molar-refractivity contribution in [1.82, 2.24) is 4.90 Å². The van der Waals surface area contributed by atoms with E-state index in [1.165, 1.54) is 25.7 Å². The van der Waals surface area contributed by atoms with Crippen molar-refractivity contribution in [1.29, 1.82) is 0 Å². The molecular weight excluding hydrogens is 212 g/mol. The van der Waals surface area contributed by atoms with E-state index in [9.17, 15) is 0 Å². The highest BCUT2D eigenvalue weighted by Crippen LogP contribution is 2.38. The van der Waals surface area contributed by atoms with E-state index in [-0.39, 0.29) is 0 Å². The number of ether oxygens (including phenoxy) is 1. The van der Waals surface area contributed by atoms with Crippen LogP contribution >= 0.6 is 0 Å². The van der Waals surface area contributed by atoms with Gasteiger partial charge in [-0.15, -0.1) is 0 Å². The molecule has 17 heavy (non-hydrogen) atoms. The zero-order valence-electron chi connectivity index (χ0n) is 11.6. The Hall–Kier alpha value is -0.120. The molecule has 2 N–H and O–H groups in total. The van der Waals surface area contributed by atoms with Crippen molar-refractivity contribution in [3.8, 4) is 0 Å². The van der Waals surface area contributed by atoms with Gasteiger partial charge in [0.1, 0.15) is 0 Å². The summed E-state index contributed by atoms with van der Waals surface area (Å²) in [5.41, 5.74) is 6.14. The van der Waals surface area contributed by atoms with Crippen LogP contribution in [0.2, 0.25) is 0 Å². The second kappa shape index (κ2) is 5.68. The highest BCUT2D eigenvalue weighted by Gasteiger charge is 2.43. The molecule has 2 bridgehead atoms. The largest absolute Gasteiger partial charge is 0.380 e. The summed E-state index contributed by atoms with van der Waals surface area (Å²) in [7, 11) is 0. The van der Waals surface area contributed by atoms with E-state index in [2.05, 4.69) is 25.7 Å². The van der Waals surface area contributed by atoms with Crippen LogP contribution < -0.4 is 5.73 Å². The fourth-order valence-corrected chi connectivity index (χ4v) is 3.66. The molecule has 3 atom stereocenters. The molecule has 0 aromatic rings. The second-order valence-electron chi connectivity index (χ2n) is 6.03. The quantitative estimate of drug-likeness (QED) is 0.799. The normalized spacial score (nSPS) is 35.5. The minimum atomic E-state index is 0.434. The van der Waals surface area contributed by atoms with Crippen molar-refractivity contribution in [2.75, 3.05) is 13.2 Å². The third-order valence-electron chi connectivity index (χ3n) is 4.47. The lowest BCUT2D eigenvalue weighted by molar-refractivity contribution is -0.00250. The van der Waals surface area contributed by atoms with E-state index in [0.717, 1.165) is 25.3 Å². The first kappa shape index (κ1) is 13.3. The Bertz CT molecular complexity index is 230. The fraction of sp³-hybridized carbons (Fsp3) is 1.00. The average Bonchev–Trinajstić information content (AvgIpc) is 2.53. The zero-order chi connectivity index (χ0) is 12.4. The number of hydrogen-bond acceptors (Lipinski definition) is 3. The standard InChI is InChI=1S/C14H28N2O/c1-4-17-9-14(10(2)3)16-12-5-6-13(16)8-11(15)7-12/h10-14H,4-9,15H2,1-3H3. The highest BCUT2D eigenvalue weighted by molar-refractivity contribution is 4.99. The molecule has 0 amide bonds. The number of hydrogen-bond donors (Lipinski definition) is 1. The van der Waals surface area contributed by atoms with Gasteiger partial charge in [0.25, 0.3) is 0 Å². The number of nitrogens with two attached hydrogens (primary N) is 1.